The monoisotopic (exact) mass is 842 g/mol. The van der Waals surface area contributed by atoms with Gasteiger partial charge in [0.1, 0.15) is 0 Å². The highest BCUT2D eigenvalue weighted by molar-refractivity contribution is 7.25. The molecule has 16 rings (SSSR count). The molecule has 10 aromatic carbocycles. The Morgan fingerprint density at radius 3 is 1.46 bits per heavy atom. The first-order chi connectivity index (χ1) is 32.3. The summed E-state index contributed by atoms with van der Waals surface area (Å²) < 4.78 is 7.74. The Labute approximate surface area is 379 Å². The first-order valence-corrected chi connectivity index (χ1v) is 23.5. The zero-order valence-corrected chi connectivity index (χ0v) is 36.1. The van der Waals surface area contributed by atoms with Crippen molar-refractivity contribution < 1.29 is 0 Å². The summed E-state index contributed by atoms with van der Waals surface area (Å²) in [5.41, 5.74) is 20.9. The molecule has 0 N–H and O–H groups in total. The van der Waals surface area contributed by atoms with Gasteiger partial charge in [0, 0.05) is 64.7 Å². The predicted molar refractivity (Wildman–Crippen MR) is 274 cm³/mol. The van der Waals surface area contributed by atoms with Gasteiger partial charge in [-0.2, -0.15) is 0 Å². The topological polar surface area (TPSA) is 9.86 Å². The SMILES string of the molecule is c1ccc(-c2ccccc2-n2c3ccccc3c3c4c(ccc32)C2c3ccccc3C4c3c2ccc2c3c3ccccc3n2-c2ccccc2-c2cccc3sc4ccccc4c23)cc1. The van der Waals surface area contributed by atoms with Crippen molar-refractivity contribution >= 4 is 75.1 Å². The molecule has 3 heteroatoms. The normalized spacial score (nSPS) is 15.1. The third-order valence-electron chi connectivity index (χ3n) is 14.7. The zero-order chi connectivity index (χ0) is 42.3. The molecule has 3 aliphatic rings. The summed E-state index contributed by atoms with van der Waals surface area (Å²) in [6, 6.07) is 81.8. The minimum absolute atomic E-state index is 0.0395. The molecular weight excluding hydrogens is 805 g/mol. The van der Waals surface area contributed by atoms with Crippen LogP contribution in [0.4, 0.5) is 0 Å². The average molecular weight is 843 g/mol. The summed E-state index contributed by atoms with van der Waals surface area (Å²) >= 11 is 1.88. The minimum Gasteiger partial charge on any atom is -0.309 e. The smallest absolute Gasteiger partial charge is 0.0544 e. The molecule has 2 nitrogen and oxygen atoms in total. The molecule has 0 spiro atoms. The Balaban J connectivity index is 1.03. The summed E-state index contributed by atoms with van der Waals surface area (Å²) in [5, 5.41) is 7.96. The third kappa shape index (κ3) is 4.72. The maximum absolute atomic E-state index is 2.57. The third-order valence-corrected chi connectivity index (χ3v) is 15.8. The number of hydrogen-bond acceptors (Lipinski definition) is 1. The van der Waals surface area contributed by atoms with Gasteiger partial charge in [-0.3, -0.25) is 0 Å². The lowest BCUT2D eigenvalue weighted by molar-refractivity contribution is 0.768. The van der Waals surface area contributed by atoms with Crippen molar-refractivity contribution in [3.63, 3.8) is 0 Å². The summed E-state index contributed by atoms with van der Waals surface area (Å²) in [5.74, 6) is 0.158. The van der Waals surface area contributed by atoms with Gasteiger partial charge in [-0.25, -0.2) is 0 Å². The molecule has 2 bridgehead atoms. The molecule has 0 aliphatic heterocycles. The Morgan fingerprint density at radius 1 is 0.292 bits per heavy atom. The average Bonchev–Trinajstić information content (AvgIpc) is 4.04. The lowest BCUT2D eigenvalue weighted by atomic mass is 9.59. The van der Waals surface area contributed by atoms with Gasteiger partial charge in [0.05, 0.1) is 33.4 Å². The van der Waals surface area contributed by atoms with E-state index in [9.17, 15) is 0 Å². The van der Waals surface area contributed by atoms with Gasteiger partial charge < -0.3 is 9.13 Å². The van der Waals surface area contributed by atoms with E-state index >= 15 is 0 Å². The molecule has 0 saturated heterocycles. The second-order valence-electron chi connectivity index (χ2n) is 17.8. The number of nitrogens with zero attached hydrogens (tertiary/aromatic N) is 2. The number of hydrogen-bond donors (Lipinski definition) is 0. The van der Waals surface area contributed by atoms with Gasteiger partial charge >= 0.3 is 0 Å². The second-order valence-corrected chi connectivity index (χ2v) is 18.9. The van der Waals surface area contributed by atoms with E-state index in [0.717, 1.165) is 0 Å². The number of aromatic nitrogens is 2. The lowest BCUT2D eigenvalue weighted by Gasteiger charge is -2.43. The summed E-state index contributed by atoms with van der Waals surface area (Å²) in [6.07, 6.45) is 0. The van der Waals surface area contributed by atoms with E-state index in [1.54, 1.807) is 0 Å². The van der Waals surface area contributed by atoms with Gasteiger partial charge in [0.15, 0.2) is 0 Å². The molecule has 13 aromatic rings. The molecular formula is C62H38N2S. The van der Waals surface area contributed by atoms with Crippen LogP contribution >= 0.6 is 11.3 Å². The van der Waals surface area contributed by atoms with Crippen LogP contribution in [0.2, 0.25) is 0 Å². The van der Waals surface area contributed by atoms with Crippen LogP contribution in [0.25, 0.3) is 97.4 Å². The molecule has 2 atom stereocenters. The number of rotatable bonds is 4. The molecule has 302 valence electrons. The lowest BCUT2D eigenvalue weighted by Crippen LogP contribution is -2.28. The fraction of sp³-hybridized carbons (Fsp3) is 0.0323. The van der Waals surface area contributed by atoms with Crippen LogP contribution < -0.4 is 0 Å². The van der Waals surface area contributed by atoms with E-state index in [-0.39, 0.29) is 11.8 Å². The first kappa shape index (κ1) is 35.5. The number of fused-ring (bicyclic) bond motifs is 9. The highest BCUT2D eigenvalue weighted by Gasteiger charge is 2.44. The van der Waals surface area contributed by atoms with E-state index in [2.05, 4.69) is 228 Å². The maximum atomic E-state index is 2.57. The van der Waals surface area contributed by atoms with Gasteiger partial charge in [-0.05, 0) is 93.0 Å². The van der Waals surface area contributed by atoms with E-state index in [4.69, 9.17) is 0 Å². The van der Waals surface area contributed by atoms with E-state index in [1.165, 1.54) is 131 Å². The van der Waals surface area contributed by atoms with Crippen molar-refractivity contribution in [2.24, 2.45) is 0 Å². The van der Waals surface area contributed by atoms with E-state index < -0.39 is 0 Å². The quantitative estimate of drug-likeness (QED) is 0.167. The van der Waals surface area contributed by atoms with E-state index in [1.807, 2.05) is 11.3 Å². The zero-order valence-electron chi connectivity index (χ0n) is 35.2. The standard InChI is InChI=1S/C62H38N2S/c1-2-17-37(18-3-1)38-19-6-11-27-48(38)63-50-29-13-8-23-43(50)58-52(63)35-33-46-56-41-21-4-5-22-42(41)60(61(46)58)62-47(56)34-36-53-59(62)44-24-9-14-30-51(44)64(53)49-28-12-7-20-39(49)40-26-16-32-55-57(40)45-25-10-15-31-54(45)65-55/h1-36,56,60H. The van der Waals surface area contributed by atoms with Crippen LogP contribution in [-0.4, -0.2) is 9.13 Å². The van der Waals surface area contributed by atoms with Gasteiger partial charge in [-0.15, -0.1) is 11.3 Å². The van der Waals surface area contributed by atoms with Gasteiger partial charge in [0.2, 0.25) is 0 Å². The van der Waals surface area contributed by atoms with Crippen molar-refractivity contribution in [2.45, 2.75) is 11.8 Å². The Morgan fingerprint density at radius 2 is 0.785 bits per heavy atom. The van der Waals surface area contributed by atoms with Crippen molar-refractivity contribution in [3.8, 4) is 33.6 Å². The second kappa shape index (κ2) is 13.3. The molecule has 3 aliphatic carbocycles. The molecule has 65 heavy (non-hydrogen) atoms. The Kier molecular flexibility index (Phi) is 7.25. The molecule has 0 fully saturated rings. The highest BCUT2D eigenvalue weighted by atomic mass is 32.1. The van der Waals surface area contributed by atoms with Gasteiger partial charge in [0.25, 0.3) is 0 Å². The van der Waals surface area contributed by atoms with Crippen LogP contribution in [0.5, 0.6) is 0 Å². The fourth-order valence-electron chi connectivity index (χ4n) is 12.3. The molecule has 0 amide bonds. The molecule has 3 heterocycles. The van der Waals surface area contributed by atoms with Crippen molar-refractivity contribution in [3.05, 3.63) is 252 Å². The Hall–Kier alpha value is -7.98. The maximum Gasteiger partial charge on any atom is 0.0544 e. The summed E-state index contributed by atoms with van der Waals surface area (Å²) in [6.45, 7) is 0. The molecule has 0 saturated carbocycles. The number of thiophene rings is 1. The van der Waals surface area contributed by atoms with Crippen LogP contribution in [0.15, 0.2) is 218 Å². The largest absolute Gasteiger partial charge is 0.309 e. The molecule has 2 unspecified atom stereocenters. The molecule has 0 radical (unpaired) electrons. The van der Waals surface area contributed by atoms with Crippen molar-refractivity contribution in [1.82, 2.24) is 9.13 Å². The molecule has 3 aromatic heterocycles. The number of benzene rings is 10. The van der Waals surface area contributed by atoms with Crippen LogP contribution in [0, 0.1) is 0 Å². The van der Waals surface area contributed by atoms with Gasteiger partial charge in [-0.1, -0.05) is 170 Å². The minimum atomic E-state index is 0.0395. The van der Waals surface area contributed by atoms with Crippen LogP contribution in [-0.2, 0) is 0 Å². The van der Waals surface area contributed by atoms with E-state index in [0.29, 0.717) is 0 Å². The van der Waals surface area contributed by atoms with Crippen LogP contribution in [0.3, 0.4) is 0 Å². The Bertz CT molecular complexity index is 4140. The summed E-state index contributed by atoms with van der Waals surface area (Å²) in [4.78, 5) is 0. The fourth-order valence-corrected chi connectivity index (χ4v) is 13.4. The first-order valence-electron chi connectivity index (χ1n) is 22.7. The number of para-hydroxylation sites is 4. The van der Waals surface area contributed by atoms with Crippen LogP contribution in [0.1, 0.15) is 45.2 Å². The van der Waals surface area contributed by atoms with Crippen molar-refractivity contribution in [1.29, 1.82) is 0 Å². The predicted octanol–water partition coefficient (Wildman–Crippen LogP) is 16.6. The summed E-state index contributed by atoms with van der Waals surface area (Å²) in [7, 11) is 0. The van der Waals surface area contributed by atoms with Crippen molar-refractivity contribution in [2.75, 3.05) is 0 Å². The highest BCUT2D eigenvalue weighted by Crippen LogP contribution is 2.61.